The fourth-order valence-corrected chi connectivity index (χ4v) is 2.77. The molecule has 2 rings (SSSR count). The van der Waals surface area contributed by atoms with Gasteiger partial charge in [0.2, 0.25) is 0 Å². The molecule has 0 saturated heterocycles. The first-order valence-corrected chi connectivity index (χ1v) is 8.54. The Morgan fingerprint density at radius 1 is 0.769 bits per heavy atom. The zero-order valence-electron chi connectivity index (χ0n) is 15.2. The molecule has 0 heterocycles. The van der Waals surface area contributed by atoms with Crippen LogP contribution in [0.2, 0.25) is 10.0 Å². The maximum Gasteiger partial charge on any atom is 0.377 e. The van der Waals surface area contributed by atoms with Gasteiger partial charge >= 0.3 is 5.97 Å². The zero-order valence-corrected chi connectivity index (χ0v) is 16.7. The van der Waals surface area contributed by atoms with Crippen molar-refractivity contribution < 1.29 is 19.5 Å². The van der Waals surface area contributed by atoms with Crippen molar-refractivity contribution in [2.45, 2.75) is 34.6 Å². The second-order valence-corrected chi connectivity index (χ2v) is 6.68. The van der Waals surface area contributed by atoms with Crippen LogP contribution in [0.3, 0.4) is 0 Å². The molecular weight excluding hydrogens is 375 g/mol. The van der Waals surface area contributed by atoms with Crippen LogP contribution in [0.5, 0.6) is 0 Å². The fourth-order valence-electron chi connectivity index (χ4n) is 2.13. The average molecular weight is 395 g/mol. The minimum atomic E-state index is -1.49. The Labute approximate surface area is 162 Å². The third-order valence-corrected chi connectivity index (χ3v) is 5.11. The van der Waals surface area contributed by atoms with Crippen molar-refractivity contribution in [3.63, 3.8) is 0 Å². The smallest absolute Gasteiger partial charge is 0.377 e. The highest BCUT2D eigenvalue weighted by molar-refractivity contribution is 6.45. The minimum Gasteiger partial charge on any atom is -0.475 e. The van der Waals surface area contributed by atoms with Crippen LogP contribution in [-0.2, 0) is 4.79 Å². The summed E-state index contributed by atoms with van der Waals surface area (Å²) < 4.78 is 0. The Balaban J connectivity index is 0.000000263. The topological polar surface area (TPSA) is 71.4 Å². The number of aliphatic carboxylic acids is 1. The molecule has 2 aromatic rings. The molecule has 138 valence electrons. The predicted octanol–water partition coefficient (Wildman–Crippen LogP) is 5.38. The van der Waals surface area contributed by atoms with E-state index in [1.54, 1.807) is 19.1 Å². The fraction of sp³-hybridized carbons (Fsp3) is 0.250. The molecule has 26 heavy (non-hydrogen) atoms. The summed E-state index contributed by atoms with van der Waals surface area (Å²) in [4.78, 5) is 32.6. The summed E-state index contributed by atoms with van der Waals surface area (Å²) >= 11 is 11.8. The molecule has 0 aliphatic carbocycles. The second kappa shape index (κ2) is 8.97. The van der Waals surface area contributed by atoms with E-state index < -0.39 is 11.8 Å². The van der Waals surface area contributed by atoms with Gasteiger partial charge in [0.15, 0.2) is 5.78 Å². The number of ketones is 2. The first kappa shape index (κ1) is 21.9. The number of rotatable bonds is 3. The average Bonchev–Trinajstić information content (AvgIpc) is 2.57. The van der Waals surface area contributed by atoms with Crippen molar-refractivity contribution in [1.29, 1.82) is 0 Å². The molecule has 0 saturated carbocycles. The van der Waals surface area contributed by atoms with E-state index in [4.69, 9.17) is 28.3 Å². The lowest BCUT2D eigenvalue weighted by Crippen LogP contribution is -2.13. The molecule has 0 amide bonds. The predicted molar refractivity (Wildman–Crippen MR) is 104 cm³/mol. The van der Waals surface area contributed by atoms with Gasteiger partial charge in [-0.25, -0.2) is 4.79 Å². The van der Waals surface area contributed by atoms with Crippen LogP contribution in [0.4, 0.5) is 0 Å². The van der Waals surface area contributed by atoms with Crippen LogP contribution < -0.4 is 0 Å². The van der Waals surface area contributed by atoms with Crippen LogP contribution in [0.1, 0.15) is 49.9 Å². The summed E-state index contributed by atoms with van der Waals surface area (Å²) in [5.41, 5.74) is 4.42. The lowest BCUT2D eigenvalue weighted by Gasteiger charge is -2.06. The number of carbonyl (C=O) groups is 3. The molecule has 0 atom stereocenters. The Bertz CT molecular complexity index is 886. The van der Waals surface area contributed by atoms with E-state index in [0.717, 1.165) is 22.3 Å². The number of Topliss-reactive ketones (excluding diaryl/α,β-unsaturated/α-hetero) is 2. The summed E-state index contributed by atoms with van der Waals surface area (Å²) in [6.07, 6.45) is 0. The Kier molecular flexibility index (Phi) is 7.54. The molecule has 0 unspecified atom stereocenters. The molecule has 0 bridgehead atoms. The van der Waals surface area contributed by atoms with E-state index >= 15 is 0 Å². The first-order valence-electron chi connectivity index (χ1n) is 7.79. The maximum absolute atomic E-state index is 11.1. The number of benzene rings is 2. The monoisotopic (exact) mass is 394 g/mol. The van der Waals surface area contributed by atoms with Gasteiger partial charge in [-0.3, -0.25) is 9.59 Å². The number of hydrogen-bond donors (Lipinski definition) is 1. The molecule has 0 aromatic heterocycles. The maximum atomic E-state index is 11.1. The highest BCUT2D eigenvalue weighted by Gasteiger charge is 2.19. The van der Waals surface area contributed by atoms with Gasteiger partial charge in [-0.05, 0) is 69.0 Å². The normalized spacial score (nSPS) is 9.96. The lowest BCUT2D eigenvalue weighted by atomic mass is 10.0. The third kappa shape index (κ3) is 4.93. The Morgan fingerprint density at radius 3 is 1.54 bits per heavy atom. The molecule has 0 aliphatic rings. The van der Waals surface area contributed by atoms with Crippen molar-refractivity contribution in [3.8, 4) is 0 Å². The van der Waals surface area contributed by atoms with Crippen molar-refractivity contribution in [3.05, 3.63) is 67.7 Å². The molecule has 0 fully saturated rings. The summed E-state index contributed by atoms with van der Waals surface area (Å²) in [5.74, 6) is -2.45. The van der Waals surface area contributed by atoms with Crippen molar-refractivity contribution in [2.24, 2.45) is 0 Å². The van der Waals surface area contributed by atoms with Gasteiger partial charge in [0, 0.05) is 11.1 Å². The number of carbonyl (C=O) groups excluding carboxylic acids is 2. The Hall–Kier alpha value is -2.17. The summed E-state index contributed by atoms with van der Waals surface area (Å²) in [7, 11) is 0. The molecule has 1 N–H and O–H groups in total. The minimum absolute atomic E-state index is 0.0168. The van der Waals surface area contributed by atoms with Crippen LogP contribution in [0.25, 0.3) is 0 Å². The molecule has 2 aromatic carbocycles. The van der Waals surface area contributed by atoms with Gasteiger partial charge in [0.1, 0.15) is 0 Å². The van der Waals surface area contributed by atoms with Crippen LogP contribution in [0.15, 0.2) is 24.3 Å². The number of carboxylic acid groups (broad SMARTS) is 1. The second-order valence-electron chi connectivity index (χ2n) is 5.93. The SMILES string of the molecule is CC(=O)c1ccc(C)c(C)c1Cl.Cc1ccc(C(=O)C(=O)O)c(Cl)c1C. The lowest BCUT2D eigenvalue weighted by molar-refractivity contribution is -0.131. The molecule has 4 nitrogen and oxygen atoms in total. The summed E-state index contributed by atoms with van der Waals surface area (Å²) in [6.45, 7) is 9.01. The quantitative estimate of drug-likeness (QED) is 0.559. The van der Waals surface area contributed by atoms with E-state index in [2.05, 4.69) is 0 Å². The first-order chi connectivity index (χ1) is 12.0. The van der Waals surface area contributed by atoms with Crippen molar-refractivity contribution in [2.75, 3.05) is 0 Å². The van der Waals surface area contributed by atoms with Gasteiger partial charge in [0.25, 0.3) is 5.78 Å². The molecular formula is C20H20Cl2O4. The molecule has 0 radical (unpaired) electrons. The van der Waals surface area contributed by atoms with Gasteiger partial charge in [0.05, 0.1) is 10.0 Å². The number of carboxylic acids is 1. The standard InChI is InChI=1S/C10H9ClO3.C10H11ClO/c1-5-3-4-7(8(11)6(5)2)9(12)10(13)14;1-6-4-5-9(8(3)12)10(11)7(6)2/h3-4H,1-2H3,(H,13,14);4-5H,1-3H3. The molecule has 0 spiro atoms. The van der Waals surface area contributed by atoms with E-state index in [-0.39, 0.29) is 16.4 Å². The highest BCUT2D eigenvalue weighted by Crippen LogP contribution is 2.24. The largest absolute Gasteiger partial charge is 0.475 e. The van der Waals surface area contributed by atoms with Crippen LogP contribution >= 0.6 is 23.2 Å². The van der Waals surface area contributed by atoms with E-state index in [1.807, 2.05) is 26.8 Å². The highest BCUT2D eigenvalue weighted by atomic mass is 35.5. The van der Waals surface area contributed by atoms with Gasteiger partial charge < -0.3 is 5.11 Å². The van der Waals surface area contributed by atoms with E-state index in [0.29, 0.717) is 10.6 Å². The third-order valence-electron chi connectivity index (χ3n) is 4.13. The van der Waals surface area contributed by atoms with Gasteiger partial charge in [-0.2, -0.15) is 0 Å². The van der Waals surface area contributed by atoms with Gasteiger partial charge in [-0.1, -0.05) is 35.3 Å². The van der Waals surface area contributed by atoms with E-state index in [1.165, 1.54) is 13.0 Å². The number of hydrogen-bond acceptors (Lipinski definition) is 3. The number of aryl methyl sites for hydroxylation is 2. The number of halogens is 2. The van der Waals surface area contributed by atoms with Crippen molar-refractivity contribution in [1.82, 2.24) is 0 Å². The molecule has 6 heteroatoms. The molecule has 0 aliphatic heterocycles. The van der Waals surface area contributed by atoms with Crippen LogP contribution in [0, 0.1) is 27.7 Å². The summed E-state index contributed by atoms with van der Waals surface area (Å²) in [5, 5.41) is 9.32. The van der Waals surface area contributed by atoms with E-state index in [9.17, 15) is 14.4 Å². The van der Waals surface area contributed by atoms with Crippen LogP contribution in [-0.4, -0.2) is 22.6 Å². The summed E-state index contributed by atoms with van der Waals surface area (Å²) in [6, 6.07) is 6.80. The zero-order chi connectivity index (χ0) is 20.2. The van der Waals surface area contributed by atoms with Gasteiger partial charge in [-0.15, -0.1) is 0 Å². The Morgan fingerprint density at radius 2 is 1.15 bits per heavy atom. The van der Waals surface area contributed by atoms with Crippen molar-refractivity contribution >= 4 is 40.7 Å².